The fourth-order valence-electron chi connectivity index (χ4n) is 1.99. The standard InChI is InChI=1S/C16H24N2O2/c1-2-14(17)8-13-4-3-5-15(9-13)20-11-16(19)18-10-12-6-7-12/h3-5,9,12,14H,2,6-8,10-11,17H2,1H3,(H,18,19). The van der Waals surface area contributed by atoms with Crippen LogP contribution in [-0.4, -0.2) is 25.1 Å². The number of carbonyl (C=O) groups is 1. The van der Waals surface area contributed by atoms with Crippen molar-refractivity contribution in [3.63, 3.8) is 0 Å². The summed E-state index contributed by atoms with van der Waals surface area (Å²) in [5, 5.41) is 2.89. The molecule has 0 radical (unpaired) electrons. The zero-order chi connectivity index (χ0) is 14.4. The molecule has 1 aromatic rings. The van der Waals surface area contributed by atoms with E-state index in [1.54, 1.807) is 0 Å². The molecular weight excluding hydrogens is 252 g/mol. The van der Waals surface area contributed by atoms with Crippen LogP contribution < -0.4 is 15.8 Å². The van der Waals surface area contributed by atoms with E-state index < -0.39 is 0 Å². The number of carbonyl (C=O) groups excluding carboxylic acids is 1. The first kappa shape index (κ1) is 14.9. The maximum Gasteiger partial charge on any atom is 0.257 e. The number of hydrogen-bond acceptors (Lipinski definition) is 3. The van der Waals surface area contributed by atoms with Crippen molar-refractivity contribution in [2.24, 2.45) is 11.7 Å². The van der Waals surface area contributed by atoms with Crippen LogP contribution in [0.25, 0.3) is 0 Å². The fraction of sp³-hybridized carbons (Fsp3) is 0.562. The summed E-state index contributed by atoms with van der Waals surface area (Å²) in [6.45, 7) is 2.94. The number of nitrogens with one attached hydrogen (secondary N) is 1. The van der Waals surface area contributed by atoms with Gasteiger partial charge in [-0.3, -0.25) is 4.79 Å². The number of ether oxygens (including phenoxy) is 1. The summed E-state index contributed by atoms with van der Waals surface area (Å²) in [6, 6.07) is 7.98. The summed E-state index contributed by atoms with van der Waals surface area (Å²) in [7, 11) is 0. The van der Waals surface area contributed by atoms with Crippen molar-refractivity contribution >= 4 is 5.91 Å². The van der Waals surface area contributed by atoms with Crippen LogP contribution in [0, 0.1) is 5.92 Å². The summed E-state index contributed by atoms with van der Waals surface area (Å²) in [5.74, 6) is 1.37. The third-order valence-electron chi connectivity index (χ3n) is 3.58. The predicted octanol–water partition coefficient (Wildman–Crippen LogP) is 1.87. The maximum atomic E-state index is 11.6. The minimum atomic E-state index is -0.0486. The smallest absolute Gasteiger partial charge is 0.257 e. The van der Waals surface area contributed by atoms with Gasteiger partial charge in [0.05, 0.1) is 0 Å². The molecule has 0 bridgehead atoms. The molecule has 0 aromatic heterocycles. The molecule has 2 rings (SSSR count). The topological polar surface area (TPSA) is 64.3 Å². The Bertz CT molecular complexity index is 444. The summed E-state index contributed by atoms with van der Waals surface area (Å²) in [6.07, 6.45) is 4.26. The zero-order valence-electron chi connectivity index (χ0n) is 12.1. The van der Waals surface area contributed by atoms with Crippen molar-refractivity contribution in [2.75, 3.05) is 13.2 Å². The molecule has 1 aliphatic carbocycles. The summed E-state index contributed by atoms with van der Waals surface area (Å²) in [5.41, 5.74) is 7.09. The quantitative estimate of drug-likeness (QED) is 0.762. The Morgan fingerprint density at radius 1 is 1.50 bits per heavy atom. The molecule has 1 amide bonds. The number of hydrogen-bond donors (Lipinski definition) is 2. The molecule has 1 aliphatic rings. The molecule has 1 saturated carbocycles. The maximum absolute atomic E-state index is 11.6. The zero-order valence-corrected chi connectivity index (χ0v) is 12.1. The Balaban J connectivity index is 1.76. The minimum Gasteiger partial charge on any atom is -0.484 e. The number of benzene rings is 1. The van der Waals surface area contributed by atoms with Crippen LogP contribution in [0.3, 0.4) is 0 Å². The highest BCUT2D eigenvalue weighted by Gasteiger charge is 2.21. The van der Waals surface area contributed by atoms with Crippen molar-refractivity contribution in [3.05, 3.63) is 29.8 Å². The molecule has 4 heteroatoms. The van der Waals surface area contributed by atoms with Gasteiger partial charge in [0.15, 0.2) is 6.61 Å². The monoisotopic (exact) mass is 276 g/mol. The van der Waals surface area contributed by atoms with Crippen molar-refractivity contribution < 1.29 is 9.53 Å². The van der Waals surface area contributed by atoms with Gasteiger partial charge in [-0.05, 0) is 49.3 Å². The lowest BCUT2D eigenvalue weighted by Crippen LogP contribution is -2.30. The van der Waals surface area contributed by atoms with Gasteiger partial charge >= 0.3 is 0 Å². The van der Waals surface area contributed by atoms with Gasteiger partial charge in [0, 0.05) is 12.6 Å². The lowest BCUT2D eigenvalue weighted by atomic mass is 10.0. The first-order chi connectivity index (χ1) is 9.67. The van der Waals surface area contributed by atoms with Crippen LogP contribution in [0.15, 0.2) is 24.3 Å². The number of nitrogens with two attached hydrogens (primary N) is 1. The molecule has 110 valence electrons. The van der Waals surface area contributed by atoms with Crippen molar-refractivity contribution in [3.8, 4) is 5.75 Å². The third kappa shape index (κ3) is 5.21. The Morgan fingerprint density at radius 2 is 2.30 bits per heavy atom. The Morgan fingerprint density at radius 3 is 3.00 bits per heavy atom. The average molecular weight is 276 g/mol. The van der Waals surface area contributed by atoms with Gasteiger partial charge in [-0.2, -0.15) is 0 Å². The minimum absolute atomic E-state index is 0.0486. The largest absolute Gasteiger partial charge is 0.484 e. The molecule has 0 saturated heterocycles. The second-order valence-corrected chi connectivity index (χ2v) is 5.56. The molecule has 0 heterocycles. The highest BCUT2D eigenvalue weighted by molar-refractivity contribution is 5.77. The van der Waals surface area contributed by atoms with E-state index >= 15 is 0 Å². The number of rotatable bonds is 8. The summed E-state index contributed by atoms with van der Waals surface area (Å²) in [4.78, 5) is 11.6. The van der Waals surface area contributed by atoms with Crippen molar-refractivity contribution in [1.29, 1.82) is 0 Å². The molecule has 0 aliphatic heterocycles. The highest BCUT2D eigenvalue weighted by Crippen LogP contribution is 2.27. The van der Waals surface area contributed by atoms with E-state index in [1.807, 2.05) is 24.3 Å². The van der Waals surface area contributed by atoms with E-state index in [4.69, 9.17) is 10.5 Å². The molecule has 4 nitrogen and oxygen atoms in total. The van der Waals surface area contributed by atoms with Gasteiger partial charge in [-0.1, -0.05) is 19.1 Å². The second kappa shape index (κ2) is 7.29. The fourth-order valence-corrected chi connectivity index (χ4v) is 1.99. The van der Waals surface area contributed by atoms with Crippen LogP contribution in [-0.2, 0) is 11.2 Å². The average Bonchev–Trinajstić information content (AvgIpc) is 3.27. The van der Waals surface area contributed by atoms with Gasteiger partial charge in [0.1, 0.15) is 5.75 Å². The van der Waals surface area contributed by atoms with Gasteiger partial charge in [0.2, 0.25) is 0 Å². The van der Waals surface area contributed by atoms with Crippen LogP contribution in [0.4, 0.5) is 0 Å². The van der Waals surface area contributed by atoms with Crippen molar-refractivity contribution in [2.45, 2.75) is 38.6 Å². The van der Waals surface area contributed by atoms with Gasteiger partial charge in [0.25, 0.3) is 5.91 Å². The van der Waals surface area contributed by atoms with E-state index in [1.165, 1.54) is 12.8 Å². The Hall–Kier alpha value is -1.55. The van der Waals surface area contributed by atoms with E-state index in [9.17, 15) is 4.79 Å². The van der Waals surface area contributed by atoms with E-state index in [2.05, 4.69) is 12.2 Å². The third-order valence-corrected chi connectivity index (χ3v) is 3.58. The molecule has 1 unspecified atom stereocenters. The van der Waals surface area contributed by atoms with Gasteiger partial charge in [-0.15, -0.1) is 0 Å². The van der Waals surface area contributed by atoms with Crippen LogP contribution >= 0.6 is 0 Å². The molecule has 0 spiro atoms. The Labute approximate surface area is 120 Å². The van der Waals surface area contributed by atoms with E-state index in [-0.39, 0.29) is 18.6 Å². The number of amides is 1. The van der Waals surface area contributed by atoms with Gasteiger partial charge < -0.3 is 15.8 Å². The first-order valence-corrected chi connectivity index (χ1v) is 7.41. The molecular formula is C16H24N2O2. The molecule has 20 heavy (non-hydrogen) atoms. The lowest BCUT2D eigenvalue weighted by Gasteiger charge is -2.11. The lowest BCUT2D eigenvalue weighted by molar-refractivity contribution is -0.123. The first-order valence-electron chi connectivity index (χ1n) is 7.41. The SMILES string of the molecule is CCC(N)Cc1cccc(OCC(=O)NCC2CC2)c1. The molecule has 1 aromatic carbocycles. The molecule has 3 N–H and O–H groups in total. The highest BCUT2D eigenvalue weighted by atomic mass is 16.5. The summed E-state index contributed by atoms with van der Waals surface area (Å²) >= 11 is 0. The van der Waals surface area contributed by atoms with E-state index in [0.29, 0.717) is 5.92 Å². The molecule has 1 atom stereocenters. The summed E-state index contributed by atoms with van der Waals surface area (Å²) < 4.78 is 5.52. The predicted molar refractivity (Wildman–Crippen MR) is 79.6 cm³/mol. The van der Waals surface area contributed by atoms with Gasteiger partial charge in [-0.25, -0.2) is 0 Å². The van der Waals surface area contributed by atoms with E-state index in [0.717, 1.165) is 30.7 Å². The van der Waals surface area contributed by atoms with Crippen LogP contribution in [0.5, 0.6) is 5.75 Å². The Kier molecular flexibility index (Phi) is 5.41. The second-order valence-electron chi connectivity index (χ2n) is 5.56. The molecule has 1 fully saturated rings. The van der Waals surface area contributed by atoms with Crippen LogP contribution in [0.1, 0.15) is 31.7 Å². The normalized spacial score (nSPS) is 15.7. The van der Waals surface area contributed by atoms with Crippen molar-refractivity contribution in [1.82, 2.24) is 5.32 Å². The van der Waals surface area contributed by atoms with Crippen LogP contribution in [0.2, 0.25) is 0 Å².